The first-order valence-corrected chi connectivity index (χ1v) is 11.9. The fraction of sp³-hybridized carbons (Fsp3) is 0.385. The molecule has 0 saturated carbocycles. The highest BCUT2D eigenvalue weighted by Gasteiger charge is 2.46. The first-order valence-electron chi connectivity index (χ1n) is 11.1. The number of carbonyl (C=O) groups is 2. The van der Waals surface area contributed by atoms with Crippen molar-refractivity contribution >= 4 is 33.4 Å². The summed E-state index contributed by atoms with van der Waals surface area (Å²) in [6.07, 6.45) is 0.615. The third-order valence-electron chi connectivity index (χ3n) is 5.69. The van der Waals surface area contributed by atoms with Crippen LogP contribution in [-0.4, -0.2) is 55.2 Å². The van der Waals surface area contributed by atoms with Crippen LogP contribution < -0.4 is 9.47 Å². The van der Waals surface area contributed by atoms with Crippen LogP contribution in [0.25, 0.3) is 5.76 Å². The molecule has 2 aromatic carbocycles. The summed E-state index contributed by atoms with van der Waals surface area (Å²) >= 11 is 3.45. The molecule has 3 rings (SSSR count). The van der Waals surface area contributed by atoms with Crippen molar-refractivity contribution in [2.45, 2.75) is 39.3 Å². The third-order valence-corrected chi connectivity index (χ3v) is 6.58. The van der Waals surface area contributed by atoms with Crippen molar-refractivity contribution in [3.63, 3.8) is 0 Å². The van der Waals surface area contributed by atoms with E-state index in [1.54, 1.807) is 36.4 Å². The molecule has 2 aromatic rings. The van der Waals surface area contributed by atoms with Gasteiger partial charge in [-0.25, -0.2) is 0 Å². The molecule has 0 radical (unpaired) electrons. The third kappa shape index (κ3) is 5.28. The van der Waals surface area contributed by atoms with Crippen molar-refractivity contribution in [1.29, 1.82) is 0 Å². The minimum Gasteiger partial charge on any atom is -0.507 e. The van der Waals surface area contributed by atoms with E-state index in [9.17, 15) is 14.7 Å². The van der Waals surface area contributed by atoms with Crippen LogP contribution >= 0.6 is 15.9 Å². The van der Waals surface area contributed by atoms with E-state index in [2.05, 4.69) is 15.9 Å². The van der Waals surface area contributed by atoms with Gasteiger partial charge in [0, 0.05) is 23.2 Å². The molecule has 7 nitrogen and oxygen atoms in total. The largest absolute Gasteiger partial charge is 0.507 e. The maximum Gasteiger partial charge on any atom is 0.295 e. The van der Waals surface area contributed by atoms with Gasteiger partial charge in [-0.3, -0.25) is 9.59 Å². The molecule has 1 amide bonds. The number of ether oxygens (including phenoxy) is 3. The van der Waals surface area contributed by atoms with E-state index in [1.165, 1.54) is 19.1 Å². The summed E-state index contributed by atoms with van der Waals surface area (Å²) in [5, 5.41) is 11.2. The summed E-state index contributed by atoms with van der Waals surface area (Å²) in [7, 11) is 3.06. The molecule has 1 unspecified atom stereocenters. The predicted octanol–water partition coefficient (Wildman–Crippen LogP) is 5.01. The zero-order chi connectivity index (χ0) is 25.0. The lowest BCUT2D eigenvalue weighted by Crippen LogP contribution is -2.31. The van der Waals surface area contributed by atoms with Gasteiger partial charge in [0.25, 0.3) is 11.7 Å². The molecule has 0 spiro atoms. The maximum atomic E-state index is 13.2. The Bertz CT molecular complexity index is 1110. The fourth-order valence-corrected chi connectivity index (χ4v) is 4.23. The summed E-state index contributed by atoms with van der Waals surface area (Å²) in [6, 6.07) is 9.73. The minimum atomic E-state index is -0.775. The number of halogens is 1. The number of aliphatic hydroxyl groups is 1. The van der Waals surface area contributed by atoms with Crippen LogP contribution in [0.15, 0.2) is 46.4 Å². The Morgan fingerprint density at radius 2 is 1.79 bits per heavy atom. The second kappa shape index (κ2) is 11.1. The van der Waals surface area contributed by atoms with E-state index in [-0.39, 0.29) is 17.4 Å². The molecule has 0 bridgehead atoms. The summed E-state index contributed by atoms with van der Waals surface area (Å²) in [4.78, 5) is 27.8. The van der Waals surface area contributed by atoms with Gasteiger partial charge in [0.05, 0.1) is 31.9 Å². The van der Waals surface area contributed by atoms with Gasteiger partial charge in [-0.15, -0.1) is 0 Å². The van der Waals surface area contributed by atoms with Crippen LogP contribution in [0.3, 0.4) is 0 Å². The Balaban J connectivity index is 2.11. The second-order valence-electron chi connectivity index (χ2n) is 8.34. The van der Waals surface area contributed by atoms with Crippen LogP contribution in [0.5, 0.6) is 11.5 Å². The highest BCUT2D eigenvalue weighted by molar-refractivity contribution is 9.10. The normalized spacial score (nSPS) is 17.5. The molecule has 1 aliphatic heterocycles. The first kappa shape index (κ1) is 25.8. The number of methoxy groups -OCH3 is 2. The zero-order valence-electron chi connectivity index (χ0n) is 20.1. The zero-order valence-corrected chi connectivity index (χ0v) is 21.6. The number of ketones is 1. The average molecular weight is 532 g/mol. The van der Waals surface area contributed by atoms with Gasteiger partial charge in [-0.05, 0) is 62.6 Å². The van der Waals surface area contributed by atoms with Gasteiger partial charge >= 0.3 is 0 Å². The van der Waals surface area contributed by atoms with Crippen molar-refractivity contribution in [2.75, 3.05) is 27.4 Å². The lowest BCUT2D eigenvalue weighted by atomic mass is 9.94. The minimum absolute atomic E-state index is 0.0451. The molecule has 1 atom stereocenters. The lowest BCUT2D eigenvalue weighted by molar-refractivity contribution is -0.140. The van der Waals surface area contributed by atoms with Crippen LogP contribution in [0.2, 0.25) is 0 Å². The van der Waals surface area contributed by atoms with Crippen molar-refractivity contribution in [2.24, 2.45) is 0 Å². The van der Waals surface area contributed by atoms with Crippen LogP contribution in [0.4, 0.5) is 0 Å². The molecule has 1 N–H and O–H groups in total. The number of likely N-dealkylation sites (tertiary alicyclic amines) is 1. The summed E-state index contributed by atoms with van der Waals surface area (Å²) in [6.45, 7) is 6.52. The van der Waals surface area contributed by atoms with Gasteiger partial charge < -0.3 is 24.2 Å². The van der Waals surface area contributed by atoms with Crippen molar-refractivity contribution in [3.05, 3.63) is 63.1 Å². The molecule has 0 aliphatic carbocycles. The molecule has 1 saturated heterocycles. The molecule has 0 aromatic heterocycles. The number of amides is 1. The van der Waals surface area contributed by atoms with Crippen LogP contribution in [0.1, 0.15) is 43.0 Å². The molecule has 1 aliphatic rings. The van der Waals surface area contributed by atoms with E-state index in [4.69, 9.17) is 14.2 Å². The fourth-order valence-electron chi connectivity index (χ4n) is 3.98. The Kier molecular flexibility index (Phi) is 8.38. The molecule has 34 heavy (non-hydrogen) atoms. The van der Waals surface area contributed by atoms with E-state index < -0.39 is 17.7 Å². The number of benzene rings is 2. The molecule has 1 heterocycles. The van der Waals surface area contributed by atoms with E-state index >= 15 is 0 Å². The Morgan fingerprint density at radius 3 is 2.41 bits per heavy atom. The van der Waals surface area contributed by atoms with E-state index in [0.29, 0.717) is 42.2 Å². The molecule has 8 heteroatoms. The molecular formula is C26H30BrNO6. The smallest absolute Gasteiger partial charge is 0.295 e. The molecule has 182 valence electrons. The van der Waals surface area contributed by atoms with Gasteiger partial charge in [-0.2, -0.15) is 0 Å². The van der Waals surface area contributed by atoms with E-state index in [1.807, 2.05) is 20.8 Å². The SMILES string of the molecule is COc1ccc(C2/C(=C(/O)c3ccc(Br)c(C)c3)C(=O)C(=O)N2CCCOC(C)C)cc1OC. The van der Waals surface area contributed by atoms with Crippen LogP contribution in [0, 0.1) is 6.92 Å². The van der Waals surface area contributed by atoms with Crippen molar-refractivity contribution in [1.82, 2.24) is 4.90 Å². The van der Waals surface area contributed by atoms with Crippen molar-refractivity contribution in [3.8, 4) is 11.5 Å². The maximum absolute atomic E-state index is 13.2. The number of rotatable bonds is 9. The number of hydrogen-bond acceptors (Lipinski definition) is 6. The predicted molar refractivity (Wildman–Crippen MR) is 133 cm³/mol. The number of nitrogens with zero attached hydrogens (tertiary/aromatic N) is 1. The van der Waals surface area contributed by atoms with Crippen LogP contribution in [-0.2, 0) is 14.3 Å². The highest BCUT2D eigenvalue weighted by atomic mass is 79.9. The number of carbonyl (C=O) groups excluding carboxylic acids is 2. The van der Waals surface area contributed by atoms with Gasteiger partial charge in [0.15, 0.2) is 11.5 Å². The number of hydrogen-bond donors (Lipinski definition) is 1. The Hall–Kier alpha value is -2.84. The average Bonchev–Trinajstić information content (AvgIpc) is 3.07. The first-order chi connectivity index (χ1) is 16.2. The quantitative estimate of drug-likeness (QED) is 0.212. The standard InChI is InChI=1S/C26H30BrNO6/c1-15(2)34-12-6-11-28-23(17-8-10-20(32-4)21(14-17)33-5)22(25(30)26(28)31)24(29)18-7-9-19(27)16(3)13-18/h7-10,13-15,23,29H,6,11-12H2,1-5H3/b24-22-. The topological polar surface area (TPSA) is 85.3 Å². The number of Topliss-reactive ketones (excluding diaryl/α,β-unsaturated/α-hetero) is 1. The van der Waals surface area contributed by atoms with Gasteiger partial charge in [0.1, 0.15) is 5.76 Å². The summed E-state index contributed by atoms with van der Waals surface area (Å²) < 4.78 is 17.3. The second-order valence-corrected chi connectivity index (χ2v) is 9.20. The number of aryl methyl sites for hydroxylation is 1. The monoisotopic (exact) mass is 531 g/mol. The molecule has 1 fully saturated rings. The Morgan fingerprint density at radius 1 is 1.09 bits per heavy atom. The Labute approximate surface area is 208 Å². The van der Waals surface area contributed by atoms with Gasteiger partial charge in [0.2, 0.25) is 0 Å². The molecular weight excluding hydrogens is 502 g/mol. The van der Waals surface area contributed by atoms with Gasteiger partial charge in [-0.1, -0.05) is 28.1 Å². The van der Waals surface area contributed by atoms with Crippen molar-refractivity contribution < 1.29 is 28.9 Å². The summed E-state index contributed by atoms with van der Waals surface area (Å²) in [5.74, 6) is -0.595. The summed E-state index contributed by atoms with van der Waals surface area (Å²) in [5.41, 5.74) is 2.04. The highest BCUT2D eigenvalue weighted by Crippen LogP contribution is 2.42. The van der Waals surface area contributed by atoms with E-state index in [0.717, 1.165) is 10.0 Å². The number of aliphatic hydroxyl groups excluding tert-OH is 1. The lowest BCUT2D eigenvalue weighted by Gasteiger charge is -2.26.